The van der Waals surface area contributed by atoms with Crippen LogP contribution in [0, 0.1) is 5.92 Å². The molecule has 9 heteroatoms. The molecular formula is C21H32N8O. The molecule has 2 aliphatic heterocycles. The predicted octanol–water partition coefficient (Wildman–Crippen LogP) is 1.04. The number of hydrogen-bond donors (Lipinski definition) is 1. The van der Waals surface area contributed by atoms with E-state index in [0.29, 0.717) is 5.92 Å². The second-order valence-corrected chi connectivity index (χ2v) is 7.78. The Morgan fingerprint density at radius 1 is 1.27 bits per heavy atom. The molecule has 2 aromatic heterocycles. The molecule has 1 unspecified atom stereocenters. The zero-order chi connectivity index (χ0) is 20.6. The minimum Gasteiger partial charge on any atom is -0.381 e. The quantitative estimate of drug-likeness (QED) is 0.537. The number of ether oxygens (including phenoxy) is 1. The van der Waals surface area contributed by atoms with E-state index in [-0.39, 0.29) is 0 Å². The lowest BCUT2D eigenvalue weighted by molar-refractivity contribution is 0.187. The summed E-state index contributed by atoms with van der Waals surface area (Å²) in [7, 11) is 0. The van der Waals surface area contributed by atoms with E-state index < -0.39 is 0 Å². The summed E-state index contributed by atoms with van der Waals surface area (Å²) in [5, 5.41) is 11.8. The molecule has 30 heavy (non-hydrogen) atoms. The van der Waals surface area contributed by atoms with Crippen molar-refractivity contribution in [2.24, 2.45) is 10.9 Å². The molecule has 0 spiro atoms. The van der Waals surface area contributed by atoms with Gasteiger partial charge >= 0.3 is 0 Å². The van der Waals surface area contributed by atoms with Crippen LogP contribution in [0.15, 0.2) is 35.7 Å². The van der Waals surface area contributed by atoms with Crippen LogP contribution in [-0.4, -0.2) is 83.1 Å². The van der Waals surface area contributed by atoms with Crippen LogP contribution in [0.5, 0.6) is 0 Å². The maximum atomic E-state index is 5.52. The zero-order valence-corrected chi connectivity index (χ0v) is 17.8. The average molecular weight is 413 g/mol. The summed E-state index contributed by atoms with van der Waals surface area (Å²) in [5.41, 5.74) is 0. The van der Waals surface area contributed by atoms with Crippen molar-refractivity contribution in [3.05, 3.63) is 36.5 Å². The van der Waals surface area contributed by atoms with Gasteiger partial charge in [-0.05, 0) is 18.6 Å². The molecule has 0 saturated carbocycles. The predicted molar refractivity (Wildman–Crippen MR) is 117 cm³/mol. The van der Waals surface area contributed by atoms with Crippen LogP contribution in [0.2, 0.25) is 0 Å². The Balaban J connectivity index is 1.35. The lowest BCUT2D eigenvalue weighted by Gasteiger charge is -2.37. The van der Waals surface area contributed by atoms with E-state index in [1.807, 2.05) is 18.3 Å². The van der Waals surface area contributed by atoms with Gasteiger partial charge in [-0.3, -0.25) is 4.99 Å². The van der Waals surface area contributed by atoms with Gasteiger partial charge in [-0.25, -0.2) is 4.98 Å². The monoisotopic (exact) mass is 412 g/mol. The van der Waals surface area contributed by atoms with Crippen molar-refractivity contribution in [3.8, 4) is 0 Å². The number of nitrogens with one attached hydrogen (secondary N) is 1. The Morgan fingerprint density at radius 3 is 2.90 bits per heavy atom. The molecule has 0 aliphatic carbocycles. The van der Waals surface area contributed by atoms with Crippen LogP contribution in [0.4, 0.5) is 5.82 Å². The lowest BCUT2D eigenvalue weighted by atomic mass is 10.1. The van der Waals surface area contributed by atoms with Gasteiger partial charge in [-0.2, -0.15) is 0 Å². The molecule has 2 fully saturated rings. The molecule has 162 valence electrons. The number of pyridine rings is 1. The number of anilines is 1. The Morgan fingerprint density at radius 2 is 2.17 bits per heavy atom. The first-order valence-corrected chi connectivity index (χ1v) is 11.0. The van der Waals surface area contributed by atoms with Crippen molar-refractivity contribution in [2.75, 3.05) is 57.4 Å². The van der Waals surface area contributed by atoms with Gasteiger partial charge < -0.3 is 24.4 Å². The Hall–Kier alpha value is -2.68. The molecule has 4 rings (SSSR count). The van der Waals surface area contributed by atoms with Crippen LogP contribution < -0.4 is 10.2 Å². The van der Waals surface area contributed by atoms with E-state index in [9.17, 15) is 0 Å². The van der Waals surface area contributed by atoms with Gasteiger partial charge in [0, 0.05) is 71.0 Å². The highest BCUT2D eigenvalue weighted by molar-refractivity contribution is 5.80. The van der Waals surface area contributed by atoms with E-state index in [1.165, 1.54) is 0 Å². The van der Waals surface area contributed by atoms with Crippen molar-refractivity contribution < 1.29 is 4.74 Å². The number of hydrogen-bond acceptors (Lipinski definition) is 6. The fraction of sp³-hybridized carbons (Fsp3) is 0.619. The van der Waals surface area contributed by atoms with E-state index in [1.54, 1.807) is 6.33 Å². The SMILES string of the molecule is CCc1nncn1CCNC(=NCC1CCOC1)N1CCN(c2ccccn2)CC1. The molecule has 0 aromatic carbocycles. The molecule has 1 N–H and O–H groups in total. The summed E-state index contributed by atoms with van der Waals surface area (Å²) >= 11 is 0. The van der Waals surface area contributed by atoms with Crippen LogP contribution in [0.3, 0.4) is 0 Å². The normalized spacial score (nSPS) is 20.0. The maximum absolute atomic E-state index is 5.52. The molecule has 2 aromatic rings. The van der Waals surface area contributed by atoms with Gasteiger partial charge in [0.2, 0.25) is 0 Å². The largest absolute Gasteiger partial charge is 0.381 e. The number of rotatable bonds is 7. The number of nitrogens with zero attached hydrogens (tertiary/aromatic N) is 7. The maximum Gasteiger partial charge on any atom is 0.194 e. The molecule has 0 amide bonds. The average Bonchev–Trinajstić information content (AvgIpc) is 3.49. The highest BCUT2D eigenvalue weighted by Crippen LogP contribution is 2.14. The third kappa shape index (κ3) is 5.27. The Labute approximate surface area is 178 Å². The molecule has 4 heterocycles. The summed E-state index contributed by atoms with van der Waals surface area (Å²) in [6.07, 6.45) is 5.65. The van der Waals surface area contributed by atoms with E-state index in [2.05, 4.69) is 47.9 Å². The smallest absolute Gasteiger partial charge is 0.194 e. The summed E-state index contributed by atoms with van der Waals surface area (Å²) in [6, 6.07) is 6.08. The van der Waals surface area contributed by atoms with Crippen molar-refractivity contribution in [2.45, 2.75) is 26.3 Å². The molecule has 9 nitrogen and oxygen atoms in total. The fourth-order valence-electron chi connectivity index (χ4n) is 3.93. The van der Waals surface area contributed by atoms with Gasteiger partial charge in [-0.15, -0.1) is 10.2 Å². The summed E-state index contributed by atoms with van der Waals surface area (Å²) in [4.78, 5) is 14.2. The summed E-state index contributed by atoms with van der Waals surface area (Å²) in [5.74, 6) is 3.59. The topological polar surface area (TPSA) is 83.7 Å². The van der Waals surface area contributed by atoms with E-state index in [0.717, 1.165) is 89.5 Å². The molecule has 1 atom stereocenters. The van der Waals surface area contributed by atoms with Crippen LogP contribution in [0.25, 0.3) is 0 Å². The van der Waals surface area contributed by atoms with Crippen molar-refractivity contribution in [3.63, 3.8) is 0 Å². The van der Waals surface area contributed by atoms with Gasteiger partial charge in [-0.1, -0.05) is 13.0 Å². The number of piperazine rings is 1. The highest BCUT2D eigenvalue weighted by atomic mass is 16.5. The first kappa shape index (κ1) is 20.6. The highest BCUT2D eigenvalue weighted by Gasteiger charge is 2.22. The van der Waals surface area contributed by atoms with Gasteiger partial charge in [0.15, 0.2) is 5.96 Å². The molecule has 0 bridgehead atoms. The summed E-state index contributed by atoms with van der Waals surface area (Å²) in [6.45, 7) is 9.96. The number of guanidine groups is 1. The number of aromatic nitrogens is 4. The lowest BCUT2D eigenvalue weighted by Crippen LogP contribution is -2.53. The van der Waals surface area contributed by atoms with Crippen molar-refractivity contribution >= 4 is 11.8 Å². The molecule has 2 saturated heterocycles. The Kier molecular flexibility index (Phi) is 7.12. The standard InChI is InChI=1S/C21H32N8O/c1-2-19-26-25-17-29(19)9-8-23-21(24-15-18-6-14-30-16-18)28-12-10-27(11-13-28)20-5-3-4-7-22-20/h3-5,7,17-18H,2,6,8-16H2,1H3,(H,23,24). The van der Waals surface area contributed by atoms with Gasteiger partial charge in [0.1, 0.15) is 18.0 Å². The summed E-state index contributed by atoms with van der Waals surface area (Å²) < 4.78 is 7.63. The van der Waals surface area contributed by atoms with Gasteiger partial charge in [0.05, 0.1) is 6.61 Å². The third-order valence-corrected chi connectivity index (χ3v) is 5.72. The minimum absolute atomic E-state index is 0.529. The number of aliphatic imine (C=N–C) groups is 1. The van der Waals surface area contributed by atoms with E-state index >= 15 is 0 Å². The van der Waals surface area contributed by atoms with Crippen LogP contribution >= 0.6 is 0 Å². The second-order valence-electron chi connectivity index (χ2n) is 7.78. The van der Waals surface area contributed by atoms with Crippen LogP contribution in [0.1, 0.15) is 19.2 Å². The van der Waals surface area contributed by atoms with Crippen LogP contribution in [-0.2, 0) is 17.7 Å². The fourth-order valence-corrected chi connectivity index (χ4v) is 3.93. The second kappa shape index (κ2) is 10.4. The zero-order valence-electron chi connectivity index (χ0n) is 17.8. The first-order valence-electron chi connectivity index (χ1n) is 11.0. The van der Waals surface area contributed by atoms with E-state index in [4.69, 9.17) is 9.73 Å². The minimum atomic E-state index is 0.529. The molecular weight excluding hydrogens is 380 g/mol. The number of aryl methyl sites for hydroxylation is 1. The Bertz CT molecular complexity index is 794. The molecule has 2 aliphatic rings. The van der Waals surface area contributed by atoms with Crippen molar-refractivity contribution in [1.82, 2.24) is 30.0 Å². The third-order valence-electron chi connectivity index (χ3n) is 5.72. The molecule has 0 radical (unpaired) electrons. The van der Waals surface area contributed by atoms with Gasteiger partial charge in [0.25, 0.3) is 0 Å². The first-order chi connectivity index (χ1) is 14.8. The van der Waals surface area contributed by atoms with Crippen molar-refractivity contribution in [1.29, 1.82) is 0 Å².